The van der Waals surface area contributed by atoms with E-state index in [4.69, 9.17) is 11.2 Å². The third-order valence-corrected chi connectivity index (χ3v) is 4.57. The lowest BCUT2D eigenvalue weighted by molar-refractivity contribution is 0.186. The second-order valence-electron chi connectivity index (χ2n) is 6.41. The smallest absolute Gasteiger partial charge is 0.332 e. The van der Waals surface area contributed by atoms with Gasteiger partial charge in [-0.05, 0) is 36.4 Å². The SMILES string of the molecule is C#Cc1cccc(Nc2ncnc3ccc(-n4ccn(CCOC)c4=O)cc23)c1. The summed E-state index contributed by atoms with van der Waals surface area (Å²) in [5, 5.41) is 4.09. The van der Waals surface area contributed by atoms with Crippen LogP contribution in [-0.4, -0.2) is 32.8 Å². The van der Waals surface area contributed by atoms with Gasteiger partial charge in [0.2, 0.25) is 0 Å². The number of hydrogen-bond donors (Lipinski definition) is 1. The molecule has 1 N–H and O–H groups in total. The second kappa shape index (κ2) is 8.00. The first-order valence-electron chi connectivity index (χ1n) is 9.05. The summed E-state index contributed by atoms with van der Waals surface area (Å²) in [5.41, 5.74) is 2.97. The monoisotopic (exact) mass is 385 g/mol. The molecule has 0 unspecified atom stereocenters. The number of benzene rings is 2. The number of methoxy groups -OCH3 is 1. The van der Waals surface area contributed by atoms with E-state index in [1.54, 1.807) is 28.6 Å². The molecule has 0 atom stereocenters. The molecular formula is C22H19N5O2. The van der Waals surface area contributed by atoms with Crippen LogP contribution in [-0.2, 0) is 11.3 Å². The Kier molecular flexibility index (Phi) is 5.10. The molecule has 0 saturated heterocycles. The third-order valence-electron chi connectivity index (χ3n) is 4.57. The number of fused-ring (bicyclic) bond motifs is 1. The van der Waals surface area contributed by atoms with E-state index in [0.717, 1.165) is 27.8 Å². The zero-order valence-electron chi connectivity index (χ0n) is 15.9. The first kappa shape index (κ1) is 18.5. The molecule has 4 rings (SSSR count). The van der Waals surface area contributed by atoms with Crippen molar-refractivity contribution in [2.45, 2.75) is 6.54 Å². The van der Waals surface area contributed by atoms with Crippen LogP contribution >= 0.6 is 0 Å². The molecule has 144 valence electrons. The van der Waals surface area contributed by atoms with Crippen molar-refractivity contribution in [2.24, 2.45) is 0 Å². The first-order valence-corrected chi connectivity index (χ1v) is 9.05. The van der Waals surface area contributed by atoms with Gasteiger partial charge in [0.25, 0.3) is 0 Å². The minimum Gasteiger partial charge on any atom is -0.383 e. The fraction of sp³-hybridized carbons (Fsp3) is 0.136. The summed E-state index contributed by atoms with van der Waals surface area (Å²) in [7, 11) is 1.61. The zero-order valence-corrected chi connectivity index (χ0v) is 15.9. The molecule has 0 bridgehead atoms. The maximum atomic E-state index is 12.7. The van der Waals surface area contributed by atoms with E-state index in [9.17, 15) is 4.79 Å². The van der Waals surface area contributed by atoms with Crippen LogP contribution in [0.3, 0.4) is 0 Å². The van der Waals surface area contributed by atoms with Crippen molar-refractivity contribution in [1.29, 1.82) is 0 Å². The molecule has 0 aliphatic heterocycles. The minimum absolute atomic E-state index is 0.130. The van der Waals surface area contributed by atoms with E-state index in [-0.39, 0.29) is 5.69 Å². The maximum Gasteiger partial charge on any atom is 0.332 e. The van der Waals surface area contributed by atoms with Gasteiger partial charge in [0, 0.05) is 36.1 Å². The lowest BCUT2D eigenvalue weighted by Gasteiger charge is -2.10. The Balaban J connectivity index is 1.74. The highest BCUT2D eigenvalue weighted by Gasteiger charge is 2.10. The van der Waals surface area contributed by atoms with E-state index < -0.39 is 0 Å². The number of hydrogen-bond acceptors (Lipinski definition) is 5. The summed E-state index contributed by atoms with van der Waals surface area (Å²) in [6.45, 7) is 0.970. The van der Waals surface area contributed by atoms with Crippen molar-refractivity contribution in [3.8, 4) is 18.0 Å². The molecule has 0 amide bonds. The van der Waals surface area contributed by atoms with Gasteiger partial charge in [-0.15, -0.1) is 6.42 Å². The summed E-state index contributed by atoms with van der Waals surface area (Å²) in [4.78, 5) is 21.4. The van der Waals surface area contributed by atoms with E-state index in [2.05, 4.69) is 21.2 Å². The molecule has 0 aliphatic carbocycles. The van der Waals surface area contributed by atoms with Gasteiger partial charge in [-0.3, -0.25) is 9.13 Å². The third kappa shape index (κ3) is 3.74. The number of ether oxygens (including phenoxy) is 1. The predicted octanol–water partition coefficient (Wildman–Crippen LogP) is 2.95. The number of nitrogens with one attached hydrogen (secondary N) is 1. The van der Waals surface area contributed by atoms with E-state index in [0.29, 0.717) is 19.0 Å². The summed E-state index contributed by atoms with van der Waals surface area (Å²) in [6, 6.07) is 13.2. The quantitative estimate of drug-likeness (QED) is 0.517. The van der Waals surface area contributed by atoms with Crippen LogP contribution < -0.4 is 11.0 Å². The van der Waals surface area contributed by atoms with Crippen LogP contribution in [0, 0.1) is 12.3 Å². The van der Waals surface area contributed by atoms with Crippen molar-refractivity contribution in [2.75, 3.05) is 19.0 Å². The normalized spacial score (nSPS) is 10.8. The second-order valence-corrected chi connectivity index (χ2v) is 6.41. The molecule has 0 fully saturated rings. The molecule has 0 radical (unpaired) electrons. The van der Waals surface area contributed by atoms with E-state index in [1.165, 1.54) is 6.33 Å². The molecule has 7 nitrogen and oxygen atoms in total. The average molecular weight is 385 g/mol. The van der Waals surface area contributed by atoms with Gasteiger partial charge in [-0.25, -0.2) is 14.8 Å². The fourth-order valence-corrected chi connectivity index (χ4v) is 3.09. The first-order chi connectivity index (χ1) is 14.2. The van der Waals surface area contributed by atoms with Crippen LogP contribution in [0.1, 0.15) is 5.56 Å². The number of aromatic nitrogens is 4. The van der Waals surface area contributed by atoms with Gasteiger partial charge in [-0.1, -0.05) is 12.0 Å². The lowest BCUT2D eigenvalue weighted by Crippen LogP contribution is -2.24. The predicted molar refractivity (Wildman–Crippen MR) is 113 cm³/mol. The zero-order chi connectivity index (χ0) is 20.2. The summed E-state index contributed by atoms with van der Waals surface area (Å²) in [6.07, 6.45) is 10.5. The van der Waals surface area contributed by atoms with Crippen LogP contribution in [0.15, 0.2) is 66.0 Å². The van der Waals surface area contributed by atoms with Crippen molar-refractivity contribution in [3.63, 3.8) is 0 Å². The van der Waals surface area contributed by atoms with Gasteiger partial charge < -0.3 is 10.1 Å². The largest absolute Gasteiger partial charge is 0.383 e. The molecule has 29 heavy (non-hydrogen) atoms. The standard InChI is InChI=1S/C22H19N5O2/c1-3-16-5-4-6-17(13-16)25-21-19-14-18(7-8-20(19)23-15-24-21)27-10-9-26(22(27)28)11-12-29-2/h1,4-10,13-15H,11-12H2,2H3,(H,23,24,25). The van der Waals surface area contributed by atoms with Crippen LogP contribution in [0.4, 0.5) is 11.5 Å². The number of imidazole rings is 1. The Morgan fingerprint density at radius 2 is 2.07 bits per heavy atom. The van der Waals surface area contributed by atoms with Gasteiger partial charge >= 0.3 is 5.69 Å². The Labute approximate surface area is 167 Å². The number of anilines is 2. The summed E-state index contributed by atoms with van der Waals surface area (Å²) >= 11 is 0. The molecular weight excluding hydrogens is 366 g/mol. The highest BCUT2D eigenvalue weighted by atomic mass is 16.5. The van der Waals surface area contributed by atoms with Gasteiger partial charge in [0.15, 0.2) is 0 Å². The summed E-state index contributed by atoms with van der Waals surface area (Å²) in [5.74, 6) is 3.26. The minimum atomic E-state index is -0.130. The number of terminal acetylenes is 1. The van der Waals surface area contributed by atoms with Crippen molar-refractivity contribution in [3.05, 3.63) is 77.2 Å². The van der Waals surface area contributed by atoms with E-state index in [1.807, 2.05) is 42.5 Å². The van der Waals surface area contributed by atoms with Crippen molar-refractivity contribution < 1.29 is 4.74 Å². The summed E-state index contributed by atoms with van der Waals surface area (Å²) < 4.78 is 8.26. The molecule has 7 heteroatoms. The van der Waals surface area contributed by atoms with Gasteiger partial charge in [0.1, 0.15) is 12.1 Å². The van der Waals surface area contributed by atoms with Gasteiger partial charge in [0.05, 0.1) is 24.4 Å². The molecule has 2 heterocycles. The van der Waals surface area contributed by atoms with Crippen molar-refractivity contribution >= 4 is 22.4 Å². The number of nitrogens with zero attached hydrogens (tertiary/aromatic N) is 4. The molecule has 2 aromatic carbocycles. The fourth-order valence-electron chi connectivity index (χ4n) is 3.09. The molecule has 0 spiro atoms. The highest BCUT2D eigenvalue weighted by molar-refractivity contribution is 5.92. The van der Waals surface area contributed by atoms with Crippen LogP contribution in [0.2, 0.25) is 0 Å². The Morgan fingerprint density at radius 3 is 2.90 bits per heavy atom. The average Bonchev–Trinajstić information content (AvgIpc) is 3.12. The Bertz CT molecular complexity index is 1270. The molecule has 2 aromatic heterocycles. The molecule has 0 saturated carbocycles. The van der Waals surface area contributed by atoms with Gasteiger partial charge in [-0.2, -0.15) is 0 Å². The Hall–Kier alpha value is -3.89. The topological polar surface area (TPSA) is 74.0 Å². The highest BCUT2D eigenvalue weighted by Crippen LogP contribution is 2.25. The van der Waals surface area contributed by atoms with Crippen LogP contribution in [0.25, 0.3) is 16.6 Å². The van der Waals surface area contributed by atoms with E-state index >= 15 is 0 Å². The molecule has 4 aromatic rings. The van der Waals surface area contributed by atoms with Crippen molar-refractivity contribution in [1.82, 2.24) is 19.1 Å². The number of rotatable bonds is 6. The lowest BCUT2D eigenvalue weighted by atomic mass is 10.2. The Morgan fingerprint density at radius 1 is 1.17 bits per heavy atom. The maximum absolute atomic E-state index is 12.7. The van der Waals surface area contributed by atoms with Crippen LogP contribution in [0.5, 0.6) is 0 Å². The molecule has 0 aliphatic rings.